The molecule has 0 spiro atoms. The van der Waals surface area contributed by atoms with Gasteiger partial charge in [0.25, 0.3) is 10.2 Å². The van der Waals surface area contributed by atoms with Crippen molar-refractivity contribution in [1.82, 2.24) is 9.03 Å². The minimum Gasteiger partial charge on any atom is -0.492 e. The van der Waals surface area contributed by atoms with Crippen molar-refractivity contribution in [3.63, 3.8) is 0 Å². The van der Waals surface area contributed by atoms with Gasteiger partial charge in [-0.15, -0.1) is 0 Å². The first-order chi connectivity index (χ1) is 8.92. The van der Waals surface area contributed by atoms with Crippen LogP contribution in [0.3, 0.4) is 0 Å². The summed E-state index contributed by atoms with van der Waals surface area (Å²) in [5, 5.41) is 0.508. The number of benzene rings is 1. The summed E-state index contributed by atoms with van der Waals surface area (Å²) in [4.78, 5) is 0. The summed E-state index contributed by atoms with van der Waals surface area (Å²) in [5.41, 5.74) is 0.787. The summed E-state index contributed by atoms with van der Waals surface area (Å²) in [5.74, 6) is 0.577. The van der Waals surface area contributed by atoms with Gasteiger partial charge in [0, 0.05) is 19.7 Å². The summed E-state index contributed by atoms with van der Waals surface area (Å²) < 4.78 is 33.3. The molecule has 5 nitrogen and oxygen atoms in total. The van der Waals surface area contributed by atoms with Crippen LogP contribution in [-0.2, 0) is 10.2 Å². The molecule has 1 aliphatic rings. The van der Waals surface area contributed by atoms with Crippen molar-refractivity contribution in [1.29, 1.82) is 0 Å². The Kier molecular flexibility index (Phi) is 4.35. The summed E-state index contributed by atoms with van der Waals surface area (Å²) >= 11 is 6.10. The van der Waals surface area contributed by atoms with Gasteiger partial charge < -0.3 is 4.74 Å². The van der Waals surface area contributed by atoms with Gasteiger partial charge in [0.15, 0.2) is 0 Å². The van der Waals surface area contributed by atoms with Crippen LogP contribution in [0.25, 0.3) is 0 Å². The summed E-state index contributed by atoms with van der Waals surface area (Å²) in [6.07, 6.45) is 1.45. The summed E-state index contributed by atoms with van der Waals surface area (Å²) in [7, 11) is -0.496. The van der Waals surface area contributed by atoms with Gasteiger partial charge in [-0.2, -0.15) is 17.4 Å². The van der Waals surface area contributed by atoms with Crippen molar-refractivity contribution in [2.75, 3.05) is 20.7 Å². The van der Waals surface area contributed by atoms with Crippen molar-refractivity contribution in [3.05, 3.63) is 28.8 Å². The van der Waals surface area contributed by atoms with Gasteiger partial charge in [0.1, 0.15) is 5.75 Å². The van der Waals surface area contributed by atoms with Crippen LogP contribution in [0.2, 0.25) is 5.02 Å². The maximum absolute atomic E-state index is 11.9. The first-order valence-corrected chi connectivity index (χ1v) is 7.84. The predicted molar refractivity (Wildman–Crippen MR) is 74.7 cm³/mol. The van der Waals surface area contributed by atoms with Crippen molar-refractivity contribution in [2.24, 2.45) is 0 Å². The lowest BCUT2D eigenvalue weighted by molar-refractivity contribution is 0.316. The Balaban J connectivity index is 2.36. The van der Waals surface area contributed by atoms with Crippen LogP contribution in [0.5, 0.6) is 5.75 Å². The first kappa shape index (κ1) is 14.6. The Hall–Kier alpha value is -0.820. The van der Waals surface area contributed by atoms with Crippen LogP contribution < -0.4 is 9.46 Å². The molecule has 0 aromatic heterocycles. The second kappa shape index (κ2) is 5.66. The number of nitrogens with one attached hydrogen (secondary N) is 1. The lowest BCUT2D eigenvalue weighted by atomic mass is 10.0. The molecule has 0 saturated heterocycles. The van der Waals surface area contributed by atoms with Crippen LogP contribution in [0.4, 0.5) is 0 Å². The molecule has 1 N–H and O–H groups in total. The van der Waals surface area contributed by atoms with E-state index in [1.165, 1.54) is 14.1 Å². The molecule has 19 heavy (non-hydrogen) atoms. The van der Waals surface area contributed by atoms with Crippen LogP contribution >= 0.6 is 11.6 Å². The van der Waals surface area contributed by atoms with Crippen LogP contribution in [0.15, 0.2) is 18.2 Å². The van der Waals surface area contributed by atoms with Gasteiger partial charge in [-0.1, -0.05) is 23.7 Å². The van der Waals surface area contributed by atoms with E-state index < -0.39 is 10.2 Å². The fourth-order valence-electron chi connectivity index (χ4n) is 1.98. The van der Waals surface area contributed by atoms with Gasteiger partial charge in [-0.05, 0) is 18.9 Å². The molecule has 7 heteroatoms. The molecule has 1 aromatic carbocycles. The smallest absolute Gasteiger partial charge is 0.279 e. The third kappa shape index (κ3) is 3.20. The molecular formula is C12H17ClN2O3S. The maximum atomic E-state index is 11.9. The number of nitrogens with zero attached hydrogens (tertiary/aromatic N) is 1. The fraction of sp³-hybridized carbons (Fsp3) is 0.500. The molecule has 0 unspecified atom stereocenters. The van der Waals surface area contributed by atoms with E-state index in [9.17, 15) is 8.42 Å². The zero-order valence-electron chi connectivity index (χ0n) is 10.9. The highest BCUT2D eigenvalue weighted by Gasteiger charge is 2.26. The minimum absolute atomic E-state index is 0.316. The Labute approximate surface area is 118 Å². The van der Waals surface area contributed by atoms with Gasteiger partial charge in [0.05, 0.1) is 17.7 Å². The third-order valence-corrected chi connectivity index (χ3v) is 4.87. The van der Waals surface area contributed by atoms with Crippen LogP contribution in [0.1, 0.15) is 24.4 Å². The normalized spacial score (nSPS) is 19.7. The molecule has 1 aromatic rings. The van der Waals surface area contributed by atoms with E-state index in [1.807, 2.05) is 6.07 Å². The third-order valence-electron chi connectivity index (χ3n) is 3.03. The van der Waals surface area contributed by atoms with Gasteiger partial charge in [-0.25, -0.2) is 0 Å². The van der Waals surface area contributed by atoms with E-state index in [0.29, 0.717) is 23.8 Å². The molecule has 1 atom stereocenters. The molecular weight excluding hydrogens is 288 g/mol. The minimum atomic E-state index is -3.48. The summed E-state index contributed by atoms with van der Waals surface area (Å²) in [6.45, 7) is 0.539. The second-order valence-corrected chi connectivity index (χ2v) is 6.93. The highest BCUT2D eigenvalue weighted by molar-refractivity contribution is 7.87. The molecule has 0 radical (unpaired) electrons. The number of hydrogen-bond acceptors (Lipinski definition) is 3. The molecule has 0 aliphatic carbocycles. The predicted octanol–water partition coefficient (Wildman–Crippen LogP) is 1.95. The lowest BCUT2D eigenvalue weighted by Crippen LogP contribution is -2.38. The van der Waals surface area contributed by atoms with Crippen molar-refractivity contribution < 1.29 is 13.2 Å². The second-order valence-electron chi connectivity index (χ2n) is 4.61. The Morgan fingerprint density at radius 3 is 2.84 bits per heavy atom. The first-order valence-electron chi connectivity index (χ1n) is 6.03. The van der Waals surface area contributed by atoms with Crippen molar-refractivity contribution in [3.8, 4) is 5.75 Å². The number of rotatable bonds is 3. The summed E-state index contributed by atoms with van der Waals surface area (Å²) in [6, 6.07) is 5.06. The largest absolute Gasteiger partial charge is 0.492 e. The van der Waals surface area contributed by atoms with Gasteiger partial charge >= 0.3 is 0 Å². The van der Waals surface area contributed by atoms with E-state index >= 15 is 0 Å². The molecule has 0 fully saturated rings. The molecule has 1 aliphatic heterocycles. The highest BCUT2D eigenvalue weighted by atomic mass is 35.5. The molecule has 2 rings (SSSR count). The Morgan fingerprint density at radius 1 is 1.42 bits per heavy atom. The van der Waals surface area contributed by atoms with Crippen LogP contribution in [-0.4, -0.2) is 33.4 Å². The fourth-order valence-corrected chi connectivity index (χ4v) is 3.03. The molecule has 1 heterocycles. The monoisotopic (exact) mass is 304 g/mol. The van der Waals surface area contributed by atoms with E-state index in [4.69, 9.17) is 16.3 Å². The topological polar surface area (TPSA) is 58.6 Å². The Morgan fingerprint density at radius 2 is 2.16 bits per heavy atom. The molecule has 0 bridgehead atoms. The molecule has 0 amide bonds. The van der Waals surface area contributed by atoms with E-state index in [0.717, 1.165) is 16.3 Å². The zero-order chi connectivity index (χ0) is 14.0. The quantitative estimate of drug-likeness (QED) is 0.928. The van der Waals surface area contributed by atoms with E-state index in [2.05, 4.69) is 4.72 Å². The average Bonchev–Trinajstić information content (AvgIpc) is 2.53. The lowest BCUT2D eigenvalue weighted by Gasteiger charge is -2.21. The highest BCUT2D eigenvalue weighted by Crippen LogP contribution is 2.37. The van der Waals surface area contributed by atoms with E-state index in [1.54, 1.807) is 12.1 Å². The molecule has 106 valence electrons. The number of ether oxygens (including phenoxy) is 1. The number of hydrogen-bond donors (Lipinski definition) is 1. The number of fused-ring (bicyclic) bond motifs is 1. The van der Waals surface area contributed by atoms with Crippen molar-refractivity contribution >= 4 is 21.8 Å². The van der Waals surface area contributed by atoms with E-state index in [-0.39, 0.29) is 6.04 Å². The average molecular weight is 305 g/mol. The Bertz CT molecular complexity index is 560. The molecule has 0 saturated carbocycles. The van der Waals surface area contributed by atoms with Gasteiger partial charge in [-0.3, -0.25) is 0 Å². The SMILES string of the molecule is CN(C)S(=O)(=O)N[C@H]1CCCOc2c(Cl)cccc21. The van der Waals surface area contributed by atoms with Crippen molar-refractivity contribution in [2.45, 2.75) is 18.9 Å². The van der Waals surface area contributed by atoms with Gasteiger partial charge in [0.2, 0.25) is 0 Å². The van der Waals surface area contributed by atoms with Crippen LogP contribution in [0, 0.1) is 0 Å². The maximum Gasteiger partial charge on any atom is 0.279 e. The number of halogens is 1. The standard InChI is InChI=1S/C12H17ClN2O3S/c1-15(2)19(16,17)14-11-7-4-8-18-12-9(11)5-3-6-10(12)13/h3,5-6,11,14H,4,7-8H2,1-2H3/t11-/m0/s1. The zero-order valence-corrected chi connectivity index (χ0v) is 12.5. The number of para-hydroxylation sites is 1.